The van der Waals surface area contributed by atoms with Gasteiger partial charge in [0.05, 0.1) is 10.6 Å². The van der Waals surface area contributed by atoms with Gasteiger partial charge in [-0.15, -0.1) is 0 Å². The maximum Gasteiger partial charge on any atom is 0.256 e. The lowest BCUT2D eigenvalue weighted by Crippen LogP contribution is -2.63. The van der Waals surface area contributed by atoms with Crippen LogP contribution in [0.4, 0.5) is 4.39 Å². The Kier molecular flexibility index (Phi) is 3.49. The molecule has 0 atom stereocenters. The highest BCUT2D eigenvalue weighted by atomic mass is 35.5. The summed E-state index contributed by atoms with van der Waals surface area (Å²) in [6, 6.07) is 4.06. The van der Waals surface area contributed by atoms with Crippen LogP contribution in [0.3, 0.4) is 0 Å². The molecule has 1 aromatic rings. The fraction of sp³-hybridized carbons (Fsp3) is 0.385. The molecular formula is C13H14ClFN2O2. The maximum absolute atomic E-state index is 13.4. The Morgan fingerprint density at radius 3 is 2.84 bits per heavy atom. The van der Waals surface area contributed by atoms with Gasteiger partial charge in [-0.25, -0.2) is 4.39 Å². The Morgan fingerprint density at radius 1 is 1.47 bits per heavy atom. The first-order chi connectivity index (χ1) is 8.85. The molecule has 19 heavy (non-hydrogen) atoms. The van der Waals surface area contributed by atoms with E-state index in [1.165, 1.54) is 23.1 Å². The van der Waals surface area contributed by atoms with Crippen LogP contribution in [0, 0.1) is 5.82 Å². The van der Waals surface area contributed by atoms with Crippen molar-refractivity contribution in [3.8, 4) is 0 Å². The first kappa shape index (κ1) is 13.8. The molecule has 1 aromatic carbocycles. The normalized spacial score (nSPS) is 18.1. The summed E-state index contributed by atoms with van der Waals surface area (Å²) in [4.78, 5) is 25.6. The predicted molar refractivity (Wildman–Crippen MR) is 69.5 cm³/mol. The summed E-state index contributed by atoms with van der Waals surface area (Å²) in [5, 5.41) is 2.48. The second-order valence-electron chi connectivity index (χ2n) is 4.87. The monoisotopic (exact) mass is 284 g/mol. The summed E-state index contributed by atoms with van der Waals surface area (Å²) in [6.07, 6.45) is 0. The van der Waals surface area contributed by atoms with Crippen LogP contribution in [-0.4, -0.2) is 35.3 Å². The van der Waals surface area contributed by atoms with E-state index in [1.54, 1.807) is 13.8 Å². The Balaban J connectivity index is 2.38. The van der Waals surface area contributed by atoms with Crippen LogP contribution in [0.25, 0.3) is 0 Å². The highest BCUT2D eigenvalue weighted by molar-refractivity contribution is 6.34. The molecule has 1 aliphatic rings. The first-order valence-corrected chi connectivity index (χ1v) is 6.28. The Hall–Kier alpha value is -1.62. The van der Waals surface area contributed by atoms with E-state index in [-0.39, 0.29) is 16.5 Å². The molecule has 2 amide bonds. The molecule has 1 saturated heterocycles. The van der Waals surface area contributed by atoms with Crippen LogP contribution in [0.15, 0.2) is 18.2 Å². The quantitative estimate of drug-likeness (QED) is 0.855. The Morgan fingerprint density at radius 2 is 2.16 bits per heavy atom. The highest BCUT2D eigenvalue weighted by Crippen LogP contribution is 2.25. The van der Waals surface area contributed by atoms with Crippen LogP contribution in [-0.2, 0) is 4.79 Å². The van der Waals surface area contributed by atoms with Crippen molar-refractivity contribution in [1.29, 1.82) is 0 Å². The lowest BCUT2D eigenvalue weighted by molar-refractivity contribution is -0.133. The van der Waals surface area contributed by atoms with Gasteiger partial charge < -0.3 is 10.2 Å². The van der Waals surface area contributed by atoms with E-state index in [0.29, 0.717) is 13.1 Å². The molecule has 0 radical (unpaired) electrons. The summed E-state index contributed by atoms with van der Waals surface area (Å²) in [5.74, 6) is -1.32. The smallest absolute Gasteiger partial charge is 0.256 e. The molecule has 1 heterocycles. The SMILES string of the molecule is CC1(C)C(=O)NCCN1C(=O)c1cccc(F)c1Cl. The molecule has 1 fully saturated rings. The van der Waals surface area contributed by atoms with E-state index in [2.05, 4.69) is 5.32 Å². The molecule has 0 aromatic heterocycles. The van der Waals surface area contributed by atoms with Gasteiger partial charge in [0.2, 0.25) is 5.91 Å². The number of carbonyl (C=O) groups is 2. The van der Waals surface area contributed by atoms with Crippen LogP contribution in [0.2, 0.25) is 5.02 Å². The van der Waals surface area contributed by atoms with Gasteiger partial charge in [0.15, 0.2) is 0 Å². The predicted octanol–water partition coefficient (Wildman–Crippen LogP) is 1.83. The lowest BCUT2D eigenvalue weighted by Gasteiger charge is -2.41. The van der Waals surface area contributed by atoms with Gasteiger partial charge >= 0.3 is 0 Å². The van der Waals surface area contributed by atoms with Crippen molar-refractivity contribution in [1.82, 2.24) is 10.2 Å². The van der Waals surface area contributed by atoms with E-state index in [0.717, 1.165) is 0 Å². The van der Waals surface area contributed by atoms with Crippen molar-refractivity contribution in [3.63, 3.8) is 0 Å². The van der Waals surface area contributed by atoms with Gasteiger partial charge in [0.1, 0.15) is 11.4 Å². The zero-order valence-corrected chi connectivity index (χ0v) is 11.4. The second kappa shape index (κ2) is 4.81. The average molecular weight is 285 g/mol. The fourth-order valence-electron chi connectivity index (χ4n) is 2.07. The number of halogens is 2. The number of hydrogen-bond donors (Lipinski definition) is 1. The minimum absolute atomic E-state index is 0.0736. The van der Waals surface area contributed by atoms with Crippen molar-refractivity contribution < 1.29 is 14.0 Å². The zero-order chi connectivity index (χ0) is 14.2. The number of nitrogens with one attached hydrogen (secondary N) is 1. The fourth-order valence-corrected chi connectivity index (χ4v) is 2.28. The van der Waals surface area contributed by atoms with Crippen molar-refractivity contribution in [2.75, 3.05) is 13.1 Å². The molecule has 0 aliphatic carbocycles. The number of benzene rings is 1. The lowest BCUT2D eigenvalue weighted by atomic mass is 9.97. The summed E-state index contributed by atoms with van der Waals surface area (Å²) in [7, 11) is 0. The van der Waals surface area contributed by atoms with Crippen molar-refractivity contribution in [3.05, 3.63) is 34.6 Å². The van der Waals surface area contributed by atoms with Crippen molar-refractivity contribution >= 4 is 23.4 Å². The van der Waals surface area contributed by atoms with Gasteiger partial charge in [-0.3, -0.25) is 9.59 Å². The van der Waals surface area contributed by atoms with E-state index < -0.39 is 17.3 Å². The van der Waals surface area contributed by atoms with Gasteiger partial charge in [-0.1, -0.05) is 17.7 Å². The minimum atomic E-state index is -0.981. The molecule has 1 aliphatic heterocycles. The summed E-state index contributed by atoms with van der Waals surface area (Å²) in [6.45, 7) is 4.03. The van der Waals surface area contributed by atoms with E-state index in [4.69, 9.17) is 11.6 Å². The third kappa shape index (κ3) is 2.30. The summed E-state index contributed by atoms with van der Waals surface area (Å²) < 4.78 is 13.4. The minimum Gasteiger partial charge on any atom is -0.352 e. The molecule has 2 rings (SSSR count). The number of amides is 2. The molecule has 0 saturated carbocycles. The molecule has 0 unspecified atom stereocenters. The van der Waals surface area contributed by atoms with Crippen LogP contribution in [0.5, 0.6) is 0 Å². The number of rotatable bonds is 1. The number of piperazine rings is 1. The second-order valence-corrected chi connectivity index (χ2v) is 5.25. The van der Waals surface area contributed by atoms with Crippen molar-refractivity contribution in [2.45, 2.75) is 19.4 Å². The molecular weight excluding hydrogens is 271 g/mol. The van der Waals surface area contributed by atoms with Crippen LogP contribution >= 0.6 is 11.6 Å². The first-order valence-electron chi connectivity index (χ1n) is 5.90. The van der Waals surface area contributed by atoms with E-state index in [1.807, 2.05) is 0 Å². The third-order valence-electron chi connectivity index (χ3n) is 3.28. The third-order valence-corrected chi connectivity index (χ3v) is 3.66. The molecule has 4 nitrogen and oxygen atoms in total. The molecule has 102 valence electrons. The standard InChI is InChI=1S/C13H14ClFN2O2/c1-13(2)12(19)16-6-7-17(13)11(18)8-4-3-5-9(15)10(8)14/h3-5H,6-7H2,1-2H3,(H,16,19). The molecule has 1 N–H and O–H groups in total. The average Bonchev–Trinajstić information content (AvgIpc) is 2.35. The van der Waals surface area contributed by atoms with Crippen LogP contribution < -0.4 is 5.32 Å². The zero-order valence-electron chi connectivity index (χ0n) is 10.7. The topological polar surface area (TPSA) is 49.4 Å². The highest BCUT2D eigenvalue weighted by Gasteiger charge is 2.41. The van der Waals surface area contributed by atoms with Gasteiger partial charge in [0, 0.05) is 13.1 Å². The van der Waals surface area contributed by atoms with E-state index >= 15 is 0 Å². The maximum atomic E-state index is 13.4. The Bertz CT molecular complexity index is 545. The molecule has 6 heteroatoms. The number of nitrogens with zero attached hydrogens (tertiary/aromatic N) is 1. The van der Waals surface area contributed by atoms with Crippen molar-refractivity contribution in [2.24, 2.45) is 0 Å². The van der Waals surface area contributed by atoms with Gasteiger partial charge in [-0.05, 0) is 26.0 Å². The van der Waals surface area contributed by atoms with Gasteiger partial charge in [-0.2, -0.15) is 0 Å². The Labute approximate surface area is 115 Å². The largest absolute Gasteiger partial charge is 0.352 e. The molecule has 0 spiro atoms. The number of hydrogen-bond acceptors (Lipinski definition) is 2. The van der Waals surface area contributed by atoms with Gasteiger partial charge in [0.25, 0.3) is 5.91 Å². The summed E-state index contributed by atoms with van der Waals surface area (Å²) in [5.41, 5.74) is -0.908. The number of carbonyl (C=O) groups excluding carboxylic acids is 2. The van der Waals surface area contributed by atoms with E-state index in [9.17, 15) is 14.0 Å². The summed E-state index contributed by atoms with van der Waals surface area (Å²) >= 11 is 5.81. The van der Waals surface area contributed by atoms with Crippen LogP contribution in [0.1, 0.15) is 24.2 Å². The molecule has 0 bridgehead atoms.